The summed E-state index contributed by atoms with van der Waals surface area (Å²) in [6.07, 6.45) is 1.23. The van der Waals surface area contributed by atoms with Crippen LogP contribution in [0.5, 0.6) is 11.6 Å². The van der Waals surface area contributed by atoms with Crippen LogP contribution >= 0.6 is 0 Å². The number of benzene rings is 2. The predicted molar refractivity (Wildman–Crippen MR) is 94.6 cm³/mol. The van der Waals surface area contributed by atoms with Gasteiger partial charge in [-0.25, -0.2) is 9.36 Å². The lowest BCUT2D eigenvalue weighted by Gasteiger charge is -2.10. The summed E-state index contributed by atoms with van der Waals surface area (Å²) in [5, 5.41) is 10.4. The number of methoxy groups -OCH3 is 1. The van der Waals surface area contributed by atoms with Crippen LogP contribution in [0, 0.1) is 0 Å². The van der Waals surface area contributed by atoms with E-state index in [1.54, 1.807) is 48.5 Å². The van der Waals surface area contributed by atoms with Crippen molar-refractivity contribution in [3.8, 4) is 17.3 Å². The first-order valence-corrected chi connectivity index (χ1v) is 7.42. The van der Waals surface area contributed by atoms with Crippen molar-refractivity contribution in [1.82, 2.24) is 9.55 Å². The first kappa shape index (κ1) is 16.3. The van der Waals surface area contributed by atoms with Crippen LogP contribution < -0.4 is 16.0 Å². The fraction of sp³-hybridized carbons (Fsp3) is 0.0556. The maximum absolute atomic E-state index is 12.1. The van der Waals surface area contributed by atoms with Crippen molar-refractivity contribution in [3.63, 3.8) is 0 Å². The lowest BCUT2D eigenvalue weighted by molar-refractivity contribution is 0.414. The molecule has 0 aliphatic carbocycles. The molecule has 0 fully saturated rings. The summed E-state index contributed by atoms with van der Waals surface area (Å²) in [5.74, 6) is 0.116. The second kappa shape index (κ2) is 6.88. The van der Waals surface area contributed by atoms with Gasteiger partial charge in [-0.05, 0) is 36.4 Å². The molecule has 3 rings (SSSR count). The van der Waals surface area contributed by atoms with E-state index in [4.69, 9.17) is 4.74 Å². The Morgan fingerprint density at radius 2 is 1.76 bits per heavy atom. The summed E-state index contributed by atoms with van der Waals surface area (Å²) >= 11 is 0. The second-order valence-electron chi connectivity index (χ2n) is 5.12. The molecule has 0 amide bonds. The fourth-order valence-electron chi connectivity index (χ4n) is 2.28. The fourth-order valence-corrected chi connectivity index (χ4v) is 2.28. The van der Waals surface area contributed by atoms with Gasteiger partial charge < -0.3 is 9.84 Å². The van der Waals surface area contributed by atoms with Crippen LogP contribution in [0.15, 0.2) is 69.2 Å². The highest BCUT2D eigenvalue weighted by Gasteiger charge is 2.14. The summed E-state index contributed by atoms with van der Waals surface area (Å²) in [4.78, 5) is 30.5. The maximum Gasteiger partial charge on any atom is 0.335 e. The predicted octanol–water partition coefficient (Wildman–Crippen LogP) is 1.99. The average molecular weight is 337 g/mol. The second-order valence-corrected chi connectivity index (χ2v) is 5.12. The molecule has 1 aromatic heterocycles. The third-order valence-electron chi connectivity index (χ3n) is 3.55. The van der Waals surface area contributed by atoms with Gasteiger partial charge in [0.25, 0.3) is 5.56 Å². The lowest BCUT2D eigenvalue weighted by atomic mass is 10.2. The summed E-state index contributed by atoms with van der Waals surface area (Å²) in [7, 11) is 1.52. The summed E-state index contributed by atoms with van der Waals surface area (Å²) in [6.45, 7) is 0. The van der Waals surface area contributed by atoms with Crippen molar-refractivity contribution in [2.24, 2.45) is 4.99 Å². The van der Waals surface area contributed by atoms with Crippen molar-refractivity contribution in [2.75, 3.05) is 7.11 Å². The van der Waals surface area contributed by atoms with Gasteiger partial charge in [-0.15, -0.1) is 0 Å². The van der Waals surface area contributed by atoms with Crippen LogP contribution in [-0.4, -0.2) is 28.0 Å². The van der Waals surface area contributed by atoms with Crippen LogP contribution in [0.1, 0.15) is 5.56 Å². The SMILES string of the molecule is COc1ccc(-n2c(O)c(C=Nc3ccccc3)c(=O)[nH]c2=O)cc1. The Bertz CT molecular complexity index is 1020. The van der Waals surface area contributed by atoms with Crippen LogP contribution in [0.2, 0.25) is 0 Å². The number of para-hydroxylation sites is 1. The first-order chi connectivity index (χ1) is 12.1. The molecular weight excluding hydrogens is 322 g/mol. The Hall–Kier alpha value is -3.61. The average Bonchev–Trinajstić information content (AvgIpc) is 2.62. The summed E-state index contributed by atoms with van der Waals surface area (Å²) < 4.78 is 6.06. The normalized spacial score (nSPS) is 10.9. The number of ether oxygens (including phenoxy) is 1. The molecule has 0 aliphatic heterocycles. The van der Waals surface area contributed by atoms with E-state index in [1.807, 2.05) is 6.07 Å². The third-order valence-corrected chi connectivity index (χ3v) is 3.55. The van der Waals surface area contributed by atoms with E-state index in [1.165, 1.54) is 13.3 Å². The highest BCUT2D eigenvalue weighted by Crippen LogP contribution is 2.19. The van der Waals surface area contributed by atoms with E-state index in [-0.39, 0.29) is 5.56 Å². The molecule has 3 aromatic rings. The molecule has 0 bridgehead atoms. The number of hydrogen-bond donors (Lipinski definition) is 2. The zero-order chi connectivity index (χ0) is 17.8. The number of aromatic amines is 1. The van der Waals surface area contributed by atoms with Crippen molar-refractivity contribution >= 4 is 11.9 Å². The van der Waals surface area contributed by atoms with Gasteiger partial charge in [-0.3, -0.25) is 14.8 Å². The maximum atomic E-state index is 12.1. The van der Waals surface area contributed by atoms with Gasteiger partial charge in [0.2, 0.25) is 5.88 Å². The molecular formula is C18H15N3O4. The quantitative estimate of drug-likeness (QED) is 0.712. The van der Waals surface area contributed by atoms with Crippen LogP contribution in [0.3, 0.4) is 0 Å². The zero-order valence-electron chi connectivity index (χ0n) is 13.3. The van der Waals surface area contributed by atoms with Gasteiger partial charge in [-0.1, -0.05) is 18.2 Å². The monoisotopic (exact) mass is 337 g/mol. The number of aromatic nitrogens is 2. The van der Waals surface area contributed by atoms with Crippen LogP contribution in [0.25, 0.3) is 5.69 Å². The number of hydrogen-bond acceptors (Lipinski definition) is 5. The topological polar surface area (TPSA) is 96.7 Å². The van der Waals surface area contributed by atoms with E-state index in [0.29, 0.717) is 17.1 Å². The Kier molecular flexibility index (Phi) is 4.47. The summed E-state index contributed by atoms with van der Waals surface area (Å²) in [6, 6.07) is 15.4. The molecule has 7 heteroatoms. The van der Waals surface area contributed by atoms with Gasteiger partial charge >= 0.3 is 5.69 Å². The molecule has 0 saturated heterocycles. The number of nitrogens with zero attached hydrogens (tertiary/aromatic N) is 2. The molecule has 0 unspecified atom stereocenters. The summed E-state index contributed by atoms with van der Waals surface area (Å²) in [5.41, 5.74) is -0.576. The van der Waals surface area contributed by atoms with E-state index in [9.17, 15) is 14.7 Å². The highest BCUT2D eigenvalue weighted by atomic mass is 16.5. The molecule has 1 heterocycles. The number of aliphatic imine (C=N–C) groups is 1. The number of nitrogens with one attached hydrogen (secondary N) is 1. The van der Waals surface area contributed by atoms with Gasteiger partial charge in [0.1, 0.15) is 11.3 Å². The zero-order valence-corrected chi connectivity index (χ0v) is 13.3. The van der Waals surface area contributed by atoms with Gasteiger partial charge in [-0.2, -0.15) is 0 Å². The Labute approximate surface area is 142 Å². The molecule has 0 saturated carbocycles. The van der Waals surface area contributed by atoms with Crippen molar-refractivity contribution in [2.45, 2.75) is 0 Å². The van der Waals surface area contributed by atoms with Crippen molar-refractivity contribution in [3.05, 3.63) is 81.0 Å². The molecule has 0 radical (unpaired) electrons. The Morgan fingerprint density at radius 3 is 2.40 bits per heavy atom. The molecule has 0 spiro atoms. The number of aromatic hydroxyl groups is 1. The Balaban J connectivity index is 2.10. The third kappa shape index (κ3) is 3.35. The first-order valence-electron chi connectivity index (χ1n) is 7.42. The highest BCUT2D eigenvalue weighted by molar-refractivity contribution is 5.84. The molecule has 0 aliphatic rings. The molecule has 126 valence electrons. The van der Waals surface area contributed by atoms with Crippen LogP contribution in [-0.2, 0) is 0 Å². The lowest BCUT2D eigenvalue weighted by Crippen LogP contribution is -2.31. The van der Waals surface area contributed by atoms with Crippen molar-refractivity contribution in [1.29, 1.82) is 0 Å². The molecule has 0 atom stereocenters. The molecule has 25 heavy (non-hydrogen) atoms. The standard InChI is InChI=1S/C18H15N3O4/c1-25-14-9-7-13(8-10-14)21-17(23)15(16(22)20-18(21)24)11-19-12-5-3-2-4-6-12/h2-11,23H,1H3,(H,20,22,24). The van der Waals surface area contributed by atoms with Crippen LogP contribution in [0.4, 0.5) is 5.69 Å². The van der Waals surface area contributed by atoms with E-state index >= 15 is 0 Å². The van der Waals surface area contributed by atoms with Gasteiger partial charge in [0.15, 0.2) is 0 Å². The largest absolute Gasteiger partial charge is 0.497 e. The molecule has 2 aromatic carbocycles. The molecule has 2 N–H and O–H groups in total. The van der Waals surface area contributed by atoms with Crippen molar-refractivity contribution < 1.29 is 9.84 Å². The molecule has 7 nitrogen and oxygen atoms in total. The van der Waals surface area contributed by atoms with E-state index < -0.39 is 17.1 Å². The van der Waals surface area contributed by atoms with Gasteiger partial charge in [0, 0.05) is 6.21 Å². The Morgan fingerprint density at radius 1 is 1.08 bits per heavy atom. The number of rotatable bonds is 4. The van der Waals surface area contributed by atoms with E-state index in [2.05, 4.69) is 9.98 Å². The van der Waals surface area contributed by atoms with Gasteiger partial charge in [0.05, 0.1) is 18.5 Å². The minimum atomic E-state index is -0.746. The minimum absolute atomic E-state index is 0.112. The minimum Gasteiger partial charge on any atom is -0.497 e. The number of H-pyrrole nitrogens is 1. The smallest absolute Gasteiger partial charge is 0.335 e. The van der Waals surface area contributed by atoms with E-state index in [0.717, 1.165) is 4.57 Å².